The first-order valence-corrected chi connectivity index (χ1v) is 10.2. The van der Waals surface area contributed by atoms with Gasteiger partial charge in [-0.25, -0.2) is 17.5 Å². The molecule has 0 aliphatic carbocycles. The van der Waals surface area contributed by atoms with Gasteiger partial charge in [0.25, 0.3) is 0 Å². The monoisotopic (exact) mass is 373 g/mol. The molecule has 1 N–H and O–H groups in total. The van der Waals surface area contributed by atoms with E-state index in [-0.39, 0.29) is 11.6 Å². The highest BCUT2D eigenvalue weighted by molar-refractivity contribution is 7.98. The fourth-order valence-electron chi connectivity index (χ4n) is 1.94. The van der Waals surface area contributed by atoms with Gasteiger partial charge in [-0.05, 0) is 23.3 Å². The number of hydrogen-bond donors (Lipinski definition) is 1. The van der Waals surface area contributed by atoms with Gasteiger partial charge in [0.1, 0.15) is 5.82 Å². The number of sulfonamides is 1. The first-order chi connectivity index (χ1) is 11.0. The van der Waals surface area contributed by atoms with Crippen molar-refractivity contribution in [2.45, 2.75) is 11.5 Å². The van der Waals surface area contributed by atoms with Crippen LogP contribution in [0, 0.1) is 5.82 Å². The molecule has 124 valence electrons. The molecule has 0 aliphatic heterocycles. The lowest BCUT2D eigenvalue weighted by Crippen LogP contribution is -2.27. The van der Waals surface area contributed by atoms with Crippen molar-refractivity contribution in [1.82, 2.24) is 4.72 Å². The highest BCUT2D eigenvalue weighted by atomic mass is 35.5. The Balaban J connectivity index is 1.75. The highest BCUT2D eigenvalue weighted by Gasteiger charge is 2.13. The average Bonchev–Trinajstić information content (AvgIpc) is 2.51. The van der Waals surface area contributed by atoms with Gasteiger partial charge in [-0.15, -0.1) is 0 Å². The molecule has 0 unspecified atom stereocenters. The van der Waals surface area contributed by atoms with Gasteiger partial charge < -0.3 is 0 Å². The van der Waals surface area contributed by atoms with E-state index in [1.807, 2.05) is 0 Å². The first-order valence-electron chi connectivity index (χ1n) is 7.00. The number of halogens is 2. The molecule has 0 heterocycles. The maximum atomic E-state index is 13.4. The molecule has 0 radical (unpaired) electrons. The van der Waals surface area contributed by atoms with E-state index in [2.05, 4.69) is 4.72 Å². The summed E-state index contributed by atoms with van der Waals surface area (Å²) in [7, 11) is -3.43. The fourth-order valence-corrected chi connectivity index (χ4v) is 4.37. The number of nitrogens with one attached hydrogen (secondary N) is 1. The Bertz CT molecular complexity index is 753. The molecule has 0 fully saturated rings. The summed E-state index contributed by atoms with van der Waals surface area (Å²) in [6, 6.07) is 13.4. The van der Waals surface area contributed by atoms with Crippen LogP contribution in [0.2, 0.25) is 5.02 Å². The standard InChI is InChI=1S/C16H17ClFNO2S2/c17-15-7-3-1-6-14(15)12-23(20,21)19-9-10-22-11-13-5-2-4-8-16(13)18/h1-8,19H,9-12H2. The van der Waals surface area contributed by atoms with E-state index in [1.165, 1.54) is 17.8 Å². The van der Waals surface area contributed by atoms with Crippen molar-refractivity contribution in [3.8, 4) is 0 Å². The third kappa shape index (κ3) is 6.14. The van der Waals surface area contributed by atoms with Crippen molar-refractivity contribution in [2.75, 3.05) is 12.3 Å². The summed E-state index contributed by atoms with van der Waals surface area (Å²) in [6.07, 6.45) is 0. The summed E-state index contributed by atoms with van der Waals surface area (Å²) in [5, 5.41) is 0.437. The maximum absolute atomic E-state index is 13.4. The predicted octanol–water partition coefficient (Wildman–Crippen LogP) is 3.83. The lowest BCUT2D eigenvalue weighted by atomic mass is 10.2. The molecule has 2 aromatic rings. The quantitative estimate of drug-likeness (QED) is 0.715. The Kier molecular flexibility index (Phi) is 6.89. The molecule has 0 saturated heterocycles. The molecule has 0 aromatic heterocycles. The van der Waals surface area contributed by atoms with E-state index in [0.717, 1.165) is 0 Å². The number of benzene rings is 2. The Hall–Kier alpha value is -1.08. The van der Waals surface area contributed by atoms with Gasteiger partial charge in [-0.2, -0.15) is 11.8 Å². The zero-order chi connectivity index (χ0) is 16.7. The zero-order valence-corrected chi connectivity index (χ0v) is 14.7. The molecule has 23 heavy (non-hydrogen) atoms. The normalized spacial score (nSPS) is 11.6. The Morgan fingerprint density at radius 1 is 1.04 bits per heavy atom. The summed E-state index contributed by atoms with van der Waals surface area (Å²) in [5.41, 5.74) is 1.19. The minimum atomic E-state index is -3.43. The molecule has 0 atom stereocenters. The summed E-state index contributed by atoms with van der Waals surface area (Å²) in [4.78, 5) is 0. The van der Waals surface area contributed by atoms with Crippen LogP contribution in [0.1, 0.15) is 11.1 Å². The second-order valence-electron chi connectivity index (χ2n) is 4.89. The van der Waals surface area contributed by atoms with Crippen molar-refractivity contribution in [2.24, 2.45) is 0 Å². The van der Waals surface area contributed by atoms with Gasteiger partial charge in [-0.3, -0.25) is 0 Å². The second-order valence-corrected chi connectivity index (χ2v) is 8.21. The van der Waals surface area contributed by atoms with E-state index >= 15 is 0 Å². The minimum Gasteiger partial charge on any atom is -0.214 e. The van der Waals surface area contributed by atoms with Crippen molar-refractivity contribution in [3.63, 3.8) is 0 Å². The van der Waals surface area contributed by atoms with Gasteiger partial charge >= 0.3 is 0 Å². The molecule has 0 saturated carbocycles. The molecule has 0 aliphatic rings. The third-order valence-corrected chi connectivity index (χ3v) is 5.80. The molecular weight excluding hydrogens is 357 g/mol. The molecule has 0 spiro atoms. The van der Waals surface area contributed by atoms with Crippen molar-refractivity contribution in [3.05, 3.63) is 70.5 Å². The molecule has 7 heteroatoms. The van der Waals surface area contributed by atoms with Gasteiger partial charge in [0.05, 0.1) is 5.75 Å². The van der Waals surface area contributed by atoms with Crippen LogP contribution in [-0.2, 0) is 21.5 Å². The third-order valence-electron chi connectivity index (χ3n) is 3.09. The van der Waals surface area contributed by atoms with Crippen molar-refractivity contribution >= 4 is 33.4 Å². The Labute approximate surface area is 145 Å². The summed E-state index contributed by atoms with van der Waals surface area (Å²) < 4.78 is 40.0. The van der Waals surface area contributed by atoms with E-state index < -0.39 is 10.0 Å². The van der Waals surface area contributed by atoms with Crippen LogP contribution in [0.3, 0.4) is 0 Å². The smallest absolute Gasteiger partial charge is 0.214 e. The van der Waals surface area contributed by atoms with E-state index in [1.54, 1.807) is 42.5 Å². The summed E-state index contributed by atoms with van der Waals surface area (Å²) in [5.74, 6) is 0.693. The van der Waals surface area contributed by atoms with Gasteiger partial charge in [0, 0.05) is 23.1 Å². The number of hydrogen-bond acceptors (Lipinski definition) is 3. The first kappa shape index (κ1) is 18.3. The topological polar surface area (TPSA) is 46.2 Å². The molecule has 3 nitrogen and oxygen atoms in total. The molecule has 2 aromatic carbocycles. The molecular formula is C16H17ClFNO2S2. The van der Waals surface area contributed by atoms with E-state index in [9.17, 15) is 12.8 Å². The lowest BCUT2D eigenvalue weighted by Gasteiger charge is -2.08. The van der Waals surface area contributed by atoms with Crippen LogP contribution >= 0.6 is 23.4 Å². The Morgan fingerprint density at radius 2 is 1.70 bits per heavy atom. The van der Waals surface area contributed by atoms with Gasteiger partial charge in [0.15, 0.2) is 0 Å². The maximum Gasteiger partial charge on any atom is 0.215 e. The fraction of sp³-hybridized carbons (Fsp3) is 0.250. The van der Waals surface area contributed by atoms with E-state index in [4.69, 9.17) is 11.6 Å². The zero-order valence-electron chi connectivity index (χ0n) is 12.3. The Morgan fingerprint density at radius 3 is 2.39 bits per heavy atom. The molecule has 2 rings (SSSR count). The van der Waals surface area contributed by atoms with Crippen LogP contribution in [-0.4, -0.2) is 20.7 Å². The predicted molar refractivity (Wildman–Crippen MR) is 94.6 cm³/mol. The van der Waals surface area contributed by atoms with Gasteiger partial charge in [0.2, 0.25) is 10.0 Å². The second kappa shape index (κ2) is 8.68. The van der Waals surface area contributed by atoms with Crippen molar-refractivity contribution in [1.29, 1.82) is 0 Å². The summed E-state index contributed by atoms with van der Waals surface area (Å²) in [6.45, 7) is 0.298. The van der Waals surface area contributed by atoms with Gasteiger partial charge in [-0.1, -0.05) is 48.0 Å². The SMILES string of the molecule is O=S(=O)(Cc1ccccc1Cl)NCCSCc1ccccc1F. The van der Waals surface area contributed by atoms with Crippen LogP contribution in [0.5, 0.6) is 0 Å². The van der Waals surface area contributed by atoms with E-state index in [0.29, 0.717) is 34.2 Å². The highest BCUT2D eigenvalue weighted by Crippen LogP contribution is 2.17. The summed E-state index contributed by atoms with van der Waals surface area (Å²) >= 11 is 7.44. The lowest BCUT2D eigenvalue weighted by molar-refractivity contribution is 0.583. The number of thioether (sulfide) groups is 1. The van der Waals surface area contributed by atoms with Crippen LogP contribution in [0.15, 0.2) is 48.5 Å². The minimum absolute atomic E-state index is 0.148. The van der Waals surface area contributed by atoms with Crippen LogP contribution < -0.4 is 4.72 Å². The van der Waals surface area contributed by atoms with Crippen molar-refractivity contribution < 1.29 is 12.8 Å². The molecule has 0 amide bonds. The number of rotatable bonds is 8. The van der Waals surface area contributed by atoms with Crippen LogP contribution in [0.25, 0.3) is 0 Å². The molecule has 0 bridgehead atoms. The largest absolute Gasteiger partial charge is 0.215 e. The van der Waals surface area contributed by atoms with Crippen LogP contribution in [0.4, 0.5) is 4.39 Å². The average molecular weight is 374 g/mol.